The third-order valence-corrected chi connectivity index (χ3v) is 8.14. The van der Waals surface area contributed by atoms with E-state index in [1.54, 1.807) is 18.4 Å². The largest absolute Gasteiger partial charge is 0.464 e. The van der Waals surface area contributed by atoms with Gasteiger partial charge in [-0.15, -0.1) is 0 Å². The minimum atomic E-state index is -4.09. The maximum absolute atomic E-state index is 13.5. The number of ether oxygens (including phenoxy) is 2. The molecule has 2 aromatic rings. The highest BCUT2D eigenvalue weighted by Gasteiger charge is 2.31. The van der Waals surface area contributed by atoms with Crippen LogP contribution in [-0.2, 0) is 26.0 Å². The molecule has 0 spiro atoms. The number of carbonyl (C=O) groups excluding carboxylic acids is 2. The first kappa shape index (κ1) is 27.0. The van der Waals surface area contributed by atoms with Crippen molar-refractivity contribution in [3.8, 4) is 0 Å². The zero-order valence-electron chi connectivity index (χ0n) is 20.5. The number of rotatable bonds is 10. The van der Waals surface area contributed by atoms with Crippen molar-refractivity contribution in [1.82, 2.24) is 13.8 Å². The molecule has 0 amide bonds. The summed E-state index contributed by atoms with van der Waals surface area (Å²) in [6.07, 6.45) is 0. The summed E-state index contributed by atoms with van der Waals surface area (Å²) in [4.78, 5) is 27.8. The molecule has 0 unspecified atom stereocenters. The summed E-state index contributed by atoms with van der Waals surface area (Å²) >= 11 is 0. The first-order valence-electron chi connectivity index (χ1n) is 11.5. The summed E-state index contributed by atoms with van der Waals surface area (Å²) < 4.78 is 53.4. The van der Waals surface area contributed by atoms with E-state index in [4.69, 9.17) is 9.47 Å². The Morgan fingerprint density at radius 1 is 1.14 bits per heavy atom. The smallest absolute Gasteiger partial charge is 0.354 e. The number of esters is 1. The SMILES string of the molecule is CCn1c(C)c(C(=O)CN(CCN2CCOCC2)S(=O)(=O)c2ccc(F)cc2)c(C)c1C(=O)OC. The number of Topliss-reactive ketones (excluding diaryl/α,β-unsaturated/α-hetero) is 1. The maximum Gasteiger partial charge on any atom is 0.354 e. The van der Waals surface area contributed by atoms with E-state index >= 15 is 0 Å². The van der Waals surface area contributed by atoms with Gasteiger partial charge in [0.05, 0.1) is 31.8 Å². The van der Waals surface area contributed by atoms with Crippen molar-refractivity contribution in [1.29, 1.82) is 0 Å². The number of carbonyl (C=O) groups is 2. The van der Waals surface area contributed by atoms with Gasteiger partial charge in [0.1, 0.15) is 11.5 Å². The van der Waals surface area contributed by atoms with Gasteiger partial charge < -0.3 is 14.0 Å². The van der Waals surface area contributed by atoms with Crippen LogP contribution >= 0.6 is 0 Å². The van der Waals surface area contributed by atoms with Crippen LogP contribution in [0, 0.1) is 19.7 Å². The molecule has 1 aliphatic heterocycles. The maximum atomic E-state index is 13.5. The second-order valence-corrected chi connectivity index (χ2v) is 10.3. The number of aromatic nitrogens is 1. The summed E-state index contributed by atoms with van der Waals surface area (Å²) in [7, 11) is -2.82. The van der Waals surface area contributed by atoms with Crippen molar-refractivity contribution in [2.75, 3.05) is 53.0 Å². The van der Waals surface area contributed by atoms with Crippen LogP contribution in [0.3, 0.4) is 0 Å². The van der Waals surface area contributed by atoms with Crippen molar-refractivity contribution in [2.45, 2.75) is 32.2 Å². The molecule has 192 valence electrons. The van der Waals surface area contributed by atoms with E-state index < -0.39 is 34.1 Å². The summed E-state index contributed by atoms with van der Waals surface area (Å²) in [6.45, 7) is 8.19. The molecule has 0 aliphatic carbocycles. The first-order chi connectivity index (χ1) is 16.6. The Hall–Kier alpha value is -2.60. The minimum Gasteiger partial charge on any atom is -0.464 e. The van der Waals surface area contributed by atoms with Gasteiger partial charge in [0.15, 0.2) is 5.78 Å². The Morgan fingerprint density at radius 3 is 2.34 bits per heavy atom. The molecule has 1 fully saturated rings. The fraction of sp³-hybridized carbons (Fsp3) is 0.500. The molecule has 0 radical (unpaired) electrons. The summed E-state index contributed by atoms with van der Waals surface area (Å²) in [5.74, 6) is -1.54. The van der Waals surface area contributed by atoms with E-state index in [9.17, 15) is 22.4 Å². The van der Waals surface area contributed by atoms with E-state index in [-0.39, 0.29) is 17.1 Å². The lowest BCUT2D eigenvalue weighted by atomic mass is 10.1. The number of methoxy groups -OCH3 is 1. The molecule has 0 N–H and O–H groups in total. The number of halogens is 1. The molecule has 2 heterocycles. The predicted octanol–water partition coefficient (Wildman–Crippen LogP) is 2.26. The molecule has 1 saturated heterocycles. The lowest BCUT2D eigenvalue weighted by Crippen LogP contribution is -2.44. The average Bonchev–Trinajstić information content (AvgIpc) is 3.11. The zero-order chi connectivity index (χ0) is 25.8. The van der Waals surface area contributed by atoms with E-state index in [0.29, 0.717) is 56.2 Å². The Labute approximate surface area is 205 Å². The number of hydrogen-bond acceptors (Lipinski definition) is 7. The van der Waals surface area contributed by atoms with Crippen LogP contribution in [0.4, 0.5) is 4.39 Å². The van der Waals surface area contributed by atoms with Crippen LogP contribution in [-0.4, -0.2) is 87.0 Å². The van der Waals surface area contributed by atoms with Crippen molar-refractivity contribution < 1.29 is 31.9 Å². The van der Waals surface area contributed by atoms with Gasteiger partial charge in [-0.2, -0.15) is 4.31 Å². The van der Waals surface area contributed by atoms with Gasteiger partial charge in [0, 0.05) is 44.0 Å². The summed E-state index contributed by atoms with van der Waals surface area (Å²) in [6, 6.07) is 4.53. The Bertz CT molecular complexity index is 1170. The molecular formula is C24H32FN3O6S. The standard InChI is InChI=1S/C24H32FN3O6S/c1-5-28-18(3)22(17(2)23(28)24(30)33-4)21(29)16-27(11-10-26-12-14-34-15-13-26)35(31,32)20-8-6-19(25)7-9-20/h6-9H,5,10-16H2,1-4H3. The Balaban J connectivity index is 1.95. The van der Waals surface area contributed by atoms with Crippen LogP contribution in [0.1, 0.15) is 39.0 Å². The second-order valence-electron chi connectivity index (χ2n) is 8.34. The molecule has 1 aliphatic rings. The van der Waals surface area contributed by atoms with Crippen molar-refractivity contribution in [2.24, 2.45) is 0 Å². The van der Waals surface area contributed by atoms with Crippen molar-refractivity contribution in [3.63, 3.8) is 0 Å². The molecule has 0 atom stereocenters. The fourth-order valence-corrected chi connectivity index (χ4v) is 5.81. The van der Waals surface area contributed by atoms with Crippen LogP contribution in [0.5, 0.6) is 0 Å². The summed E-state index contributed by atoms with van der Waals surface area (Å²) in [5.41, 5.74) is 1.60. The highest BCUT2D eigenvalue weighted by molar-refractivity contribution is 7.89. The first-order valence-corrected chi connectivity index (χ1v) is 12.9. The van der Waals surface area contributed by atoms with E-state index in [2.05, 4.69) is 4.90 Å². The molecular weight excluding hydrogens is 477 g/mol. The van der Waals surface area contributed by atoms with Crippen molar-refractivity contribution >= 4 is 21.8 Å². The number of ketones is 1. The lowest BCUT2D eigenvalue weighted by Gasteiger charge is -2.29. The highest BCUT2D eigenvalue weighted by Crippen LogP contribution is 2.25. The summed E-state index contributed by atoms with van der Waals surface area (Å²) in [5, 5.41) is 0. The second kappa shape index (κ2) is 11.4. The molecule has 3 rings (SSSR count). The van der Waals surface area contributed by atoms with Crippen LogP contribution < -0.4 is 0 Å². The highest BCUT2D eigenvalue weighted by atomic mass is 32.2. The third kappa shape index (κ3) is 5.80. The van der Waals surface area contributed by atoms with Crippen LogP contribution in [0.25, 0.3) is 0 Å². The molecule has 9 nitrogen and oxygen atoms in total. The molecule has 35 heavy (non-hydrogen) atoms. The van der Waals surface area contributed by atoms with Gasteiger partial charge in [0.2, 0.25) is 10.0 Å². The fourth-order valence-electron chi connectivity index (χ4n) is 4.42. The van der Waals surface area contributed by atoms with E-state index in [1.165, 1.54) is 19.2 Å². The third-order valence-electron chi connectivity index (χ3n) is 6.28. The van der Waals surface area contributed by atoms with Gasteiger partial charge >= 0.3 is 5.97 Å². The van der Waals surface area contributed by atoms with Gasteiger partial charge in [-0.1, -0.05) is 0 Å². The quantitative estimate of drug-likeness (QED) is 0.358. The Kier molecular flexibility index (Phi) is 8.81. The molecule has 0 bridgehead atoms. The number of nitrogens with zero attached hydrogens (tertiary/aromatic N) is 3. The van der Waals surface area contributed by atoms with Crippen LogP contribution in [0.2, 0.25) is 0 Å². The van der Waals surface area contributed by atoms with Gasteiger partial charge in [0.25, 0.3) is 0 Å². The predicted molar refractivity (Wildman–Crippen MR) is 128 cm³/mol. The van der Waals surface area contributed by atoms with E-state index in [1.807, 2.05) is 6.92 Å². The van der Waals surface area contributed by atoms with Crippen molar-refractivity contribution in [3.05, 3.63) is 52.6 Å². The zero-order valence-corrected chi connectivity index (χ0v) is 21.4. The minimum absolute atomic E-state index is 0.0713. The normalized spacial score (nSPS) is 14.9. The van der Waals surface area contributed by atoms with Gasteiger partial charge in [-0.3, -0.25) is 9.69 Å². The number of benzene rings is 1. The lowest BCUT2D eigenvalue weighted by molar-refractivity contribution is 0.0362. The van der Waals surface area contributed by atoms with Gasteiger partial charge in [-0.25, -0.2) is 17.6 Å². The van der Waals surface area contributed by atoms with Gasteiger partial charge in [-0.05, 0) is 50.6 Å². The monoisotopic (exact) mass is 509 g/mol. The average molecular weight is 510 g/mol. The van der Waals surface area contributed by atoms with E-state index in [0.717, 1.165) is 16.4 Å². The number of morpholine rings is 1. The molecule has 1 aromatic heterocycles. The number of hydrogen-bond donors (Lipinski definition) is 0. The van der Waals surface area contributed by atoms with Crippen LogP contribution in [0.15, 0.2) is 29.2 Å². The Morgan fingerprint density at radius 2 is 1.77 bits per heavy atom. The molecule has 0 saturated carbocycles. The number of sulfonamides is 1. The molecule has 1 aromatic carbocycles. The molecule has 11 heteroatoms. The topological polar surface area (TPSA) is 98.2 Å².